The van der Waals surface area contributed by atoms with Crippen LogP contribution < -0.4 is 10.1 Å². The number of aryl methyl sites for hydroxylation is 1. The van der Waals surface area contributed by atoms with Crippen LogP contribution in [-0.4, -0.2) is 49.3 Å². The summed E-state index contributed by atoms with van der Waals surface area (Å²) in [6.45, 7) is 2.89. The molecular weight excluding hydrogens is 460 g/mol. The summed E-state index contributed by atoms with van der Waals surface area (Å²) in [6.07, 6.45) is 0. The molecule has 10 heteroatoms. The molecule has 2 aromatic heterocycles. The molecule has 6 aliphatic rings. The Morgan fingerprint density at radius 2 is 1.86 bits per heavy atom. The second-order valence-corrected chi connectivity index (χ2v) is 11.1. The van der Waals surface area contributed by atoms with Crippen molar-refractivity contribution >= 4 is 11.9 Å². The summed E-state index contributed by atoms with van der Waals surface area (Å²) in [5, 5.41) is 25.8. The maximum absolute atomic E-state index is 12.8. The van der Waals surface area contributed by atoms with Gasteiger partial charge >= 0.3 is 5.97 Å². The SMILES string of the molecule is COc1cccc(CNC(=O)c2cc(-c3nnn(CC45C6C7C4C4C5C6C74C(=O)O)n3)cc(C)n2)c1. The van der Waals surface area contributed by atoms with Crippen LogP contribution in [0, 0.1) is 53.3 Å². The summed E-state index contributed by atoms with van der Waals surface area (Å²) >= 11 is 0. The van der Waals surface area contributed by atoms with Gasteiger partial charge in [-0.05, 0) is 77.5 Å². The van der Waals surface area contributed by atoms with Gasteiger partial charge in [0.1, 0.15) is 11.4 Å². The van der Waals surface area contributed by atoms with Crippen molar-refractivity contribution in [1.82, 2.24) is 30.5 Å². The van der Waals surface area contributed by atoms with Crippen LogP contribution in [0.4, 0.5) is 0 Å². The number of nitrogens with one attached hydrogen (secondary N) is 1. The average Bonchev–Trinajstić information content (AvgIpc) is 3.35. The van der Waals surface area contributed by atoms with E-state index in [-0.39, 0.29) is 16.7 Å². The molecule has 0 bridgehead atoms. The second kappa shape index (κ2) is 6.29. The number of aromatic nitrogens is 5. The van der Waals surface area contributed by atoms with Gasteiger partial charge in [0.05, 0.1) is 19.1 Å². The molecule has 2 heterocycles. The summed E-state index contributed by atoms with van der Waals surface area (Å²) < 4.78 is 5.24. The van der Waals surface area contributed by atoms with Gasteiger partial charge in [-0.1, -0.05) is 12.1 Å². The first kappa shape index (κ1) is 20.4. The van der Waals surface area contributed by atoms with Gasteiger partial charge in [-0.2, -0.15) is 4.80 Å². The first-order chi connectivity index (χ1) is 17.4. The zero-order chi connectivity index (χ0) is 24.6. The minimum absolute atomic E-state index is 0.203. The van der Waals surface area contributed by atoms with Gasteiger partial charge in [-0.25, -0.2) is 4.98 Å². The molecule has 6 fully saturated rings. The summed E-state index contributed by atoms with van der Waals surface area (Å²) in [5.74, 6) is 3.10. The molecule has 6 saturated carbocycles. The topological polar surface area (TPSA) is 132 Å². The summed E-state index contributed by atoms with van der Waals surface area (Å²) in [4.78, 5) is 30.7. The maximum Gasteiger partial charge on any atom is 0.310 e. The Kier molecular flexibility index (Phi) is 3.56. The zero-order valence-electron chi connectivity index (χ0n) is 19.8. The molecule has 182 valence electrons. The van der Waals surface area contributed by atoms with E-state index < -0.39 is 5.97 Å². The van der Waals surface area contributed by atoms with Crippen molar-refractivity contribution in [2.45, 2.75) is 20.0 Å². The van der Waals surface area contributed by atoms with Gasteiger partial charge in [0.25, 0.3) is 5.91 Å². The average molecular weight is 485 g/mol. The third-order valence-corrected chi connectivity index (χ3v) is 10.1. The molecule has 0 aliphatic heterocycles. The van der Waals surface area contributed by atoms with Gasteiger partial charge < -0.3 is 15.2 Å². The Labute approximate surface area is 206 Å². The quantitative estimate of drug-likeness (QED) is 0.495. The number of carboxylic acids is 1. The molecular formula is C26H24N6O4. The van der Waals surface area contributed by atoms with Gasteiger partial charge in [0.15, 0.2) is 0 Å². The number of tetrazole rings is 1. The smallest absolute Gasteiger partial charge is 0.310 e. The largest absolute Gasteiger partial charge is 0.497 e. The standard InChI is InChI=1S/C26H24N6O4/c1-11-6-13(8-15(28-11)23(33)27-9-12-4-3-5-14(7-12)36-2)22-29-31-32(30-22)10-25-16-19-17(25)21-18(25)20(16)26(19,21)24(34)35/h3-8,16-21H,9-10H2,1-2H3,(H,27,33)(H,34,35). The second-order valence-electron chi connectivity index (χ2n) is 11.1. The molecule has 6 aliphatic carbocycles. The van der Waals surface area contributed by atoms with Crippen LogP contribution in [0.5, 0.6) is 5.75 Å². The first-order valence-corrected chi connectivity index (χ1v) is 12.3. The van der Waals surface area contributed by atoms with E-state index in [1.165, 1.54) is 0 Å². The molecule has 2 N–H and O–H groups in total. The fourth-order valence-electron chi connectivity index (χ4n) is 9.13. The molecule has 10 nitrogen and oxygen atoms in total. The molecule has 1 aromatic carbocycles. The number of ether oxygens (including phenoxy) is 1. The predicted molar refractivity (Wildman–Crippen MR) is 123 cm³/mol. The van der Waals surface area contributed by atoms with E-state index in [2.05, 4.69) is 25.7 Å². The number of hydrogen-bond donors (Lipinski definition) is 2. The maximum atomic E-state index is 12.8. The van der Waals surface area contributed by atoms with E-state index in [4.69, 9.17) is 4.74 Å². The monoisotopic (exact) mass is 484 g/mol. The van der Waals surface area contributed by atoms with E-state index in [9.17, 15) is 14.7 Å². The minimum atomic E-state index is -0.572. The van der Waals surface area contributed by atoms with Gasteiger partial charge in [-0.15, -0.1) is 10.2 Å². The number of hydrogen-bond acceptors (Lipinski definition) is 7. The van der Waals surface area contributed by atoms with E-state index in [1.807, 2.05) is 37.3 Å². The van der Waals surface area contributed by atoms with E-state index >= 15 is 0 Å². The number of nitrogens with zero attached hydrogens (tertiary/aromatic N) is 5. The molecule has 0 atom stereocenters. The molecule has 1 amide bonds. The molecule has 0 radical (unpaired) electrons. The van der Waals surface area contributed by atoms with E-state index in [0.29, 0.717) is 71.4 Å². The number of carbonyl (C=O) groups excluding carboxylic acids is 1. The number of pyridine rings is 1. The Bertz CT molecular complexity index is 1440. The lowest BCUT2D eigenvalue weighted by molar-refractivity contribution is -0.646. The van der Waals surface area contributed by atoms with Crippen molar-refractivity contribution in [3.63, 3.8) is 0 Å². The zero-order valence-corrected chi connectivity index (χ0v) is 19.8. The highest BCUT2D eigenvalue weighted by atomic mass is 16.5. The highest BCUT2D eigenvalue weighted by Crippen LogP contribution is 3.10. The van der Waals surface area contributed by atoms with Gasteiger partial charge in [0, 0.05) is 23.2 Å². The summed E-state index contributed by atoms with van der Waals surface area (Å²) in [5.41, 5.74) is 2.45. The molecule has 36 heavy (non-hydrogen) atoms. The van der Waals surface area contributed by atoms with Crippen molar-refractivity contribution in [2.75, 3.05) is 7.11 Å². The highest BCUT2D eigenvalue weighted by Gasteiger charge is 3.11. The number of benzene rings is 1. The van der Waals surface area contributed by atoms with Gasteiger partial charge in [-0.3, -0.25) is 9.59 Å². The Morgan fingerprint density at radius 3 is 2.56 bits per heavy atom. The van der Waals surface area contributed by atoms with Crippen LogP contribution in [0.1, 0.15) is 21.7 Å². The third-order valence-electron chi connectivity index (χ3n) is 10.1. The van der Waals surface area contributed by atoms with Crippen molar-refractivity contribution in [1.29, 1.82) is 0 Å². The lowest BCUT2D eigenvalue weighted by Crippen LogP contribution is -3.11. The van der Waals surface area contributed by atoms with Crippen LogP contribution in [0.2, 0.25) is 0 Å². The van der Waals surface area contributed by atoms with Crippen LogP contribution in [-0.2, 0) is 17.9 Å². The molecule has 0 spiro atoms. The van der Waals surface area contributed by atoms with E-state index in [0.717, 1.165) is 11.3 Å². The number of rotatable bonds is 8. The predicted octanol–water partition coefficient (Wildman–Crippen LogP) is 1.80. The number of aliphatic carboxylic acids is 1. The highest BCUT2D eigenvalue weighted by molar-refractivity contribution is 5.93. The number of amides is 1. The van der Waals surface area contributed by atoms with E-state index in [1.54, 1.807) is 18.0 Å². The van der Waals surface area contributed by atoms with Crippen molar-refractivity contribution in [3.05, 3.63) is 53.3 Å². The summed E-state index contributed by atoms with van der Waals surface area (Å²) in [7, 11) is 1.61. The fourth-order valence-corrected chi connectivity index (χ4v) is 9.13. The van der Waals surface area contributed by atoms with Crippen LogP contribution in [0.15, 0.2) is 36.4 Å². The minimum Gasteiger partial charge on any atom is -0.497 e. The van der Waals surface area contributed by atoms with Crippen LogP contribution in [0.25, 0.3) is 11.4 Å². The molecule has 9 rings (SSSR count). The van der Waals surface area contributed by atoms with Crippen molar-refractivity contribution in [2.24, 2.45) is 46.3 Å². The first-order valence-electron chi connectivity index (χ1n) is 12.3. The lowest BCUT2D eigenvalue weighted by Gasteiger charge is -3.10. The molecule has 0 saturated heterocycles. The Balaban J connectivity index is 0.973. The summed E-state index contributed by atoms with van der Waals surface area (Å²) in [6, 6.07) is 11.1. The number of carbonyl (C=O) groups is 2. The number of methoxy groups -OCH3 is 1. The van der Waals surface area contributed by atoms with Crippen molar-refractivity contribution < 1.29 is 19.4 Å². The van der Waals surface area contributed by atoms with Gasteiger partial charge in [0.2, 0.25) is 5.82 Å². The molecule has 0 unspecified atom stereocenters. The normalized spacial score (nSPS) is 36.8. The Morgan fingerprint density at radius 1 is 1.11 bits per heavy atom. The number of carboxylic acid groups (broad SMARTS) is 1. The fraction of sp³-hybridized carbons (Fsp3) is 0.462. The lowest BCUT2D eigenvalue weighted by atomic mass is 8.92. The van der Waals surface area contributed by atoms with Crippen LogP contribution >= 0.6 is 0 Å². The molecule has 3 aromatic rings. The third kappa shape index (κ3) is 2.01. The Hall–Kier alpha value is -3.82. The van der Waals surface area contributed by atoms with Crippen LogP contribution in [0.3, 0.4) is 0 Å². The van der Waals surface area contributed by atoms with Crippen molar-refractivity contribution in [3.8, 4) is 17.1 Å².